The van der Waals surface area contributed by atoms with Crippen LogP contribution >= 0.6 is 0 Å². The summed E-state index contributed by atoms with van der Waals surface area (Å²) in [5, 5.41) is 3.41. The van der Waals surface area contributed by atoms with Crippen LogP contribution in [0.5, 0.6) is 0 Å². The highest BCUT2D eigenvalue weighted by atomic mass is 16.3. The second kappa shape index (κ2) is 10.0. The van der Waals surface area contributed by atoms with Crippen LogP contribution in [0.25, 0.3) is 0 Å². The lowest BCUT2D eigenvalue weighted by Gasteiger charge is -2.27. The molecule has 0 radical (unpaired) electrons. The summed E-state index contributed by atoms with van der Waals surface area (Å²) in [4.78, 5) is 2.53. The Balaban J connectivity index is 2.50. The van der Waals surface area contributed by atoms with E-state index in [2.05, 4.69) is 44.0 Å². The van der Waals surface area contributed by atoms with Gasteiger partial charge in [-0.15, -0.1) is 0 Å². The Labute approximate surface area is 124 Å². The van der Waals surface area contributed by atoms with E-state index in [9.17, 15) is 0 Å². The maximum absolute atomic E-state index is 5.72. The second-order valence-corrected chi connectivity index (χ2v) is 5.68. The fraction of sp³-hybridized carbons (Fsp3) is 0.765. The average Bonchev–Trinajstić information content (AvgIpc) is 2.90. The molecule has 0 amide bonds. The first-order valence-electron chi connectivity index (χ1n) is 8.22. The molecule has 0 bridgehead atoms. The summed E-state index contributed by atoms with van der Waals surface area (Å²) < 4.78 is 5.72. The van der Waals surface area contributed by atoms with E-state index >= 15 is 0 Å². The molecule has 3 nitrogen and oxygen atoms in total. The summed E-state index contributed by atoms with van der Waals surface area (Å²) in [6.45, 7) is 13.1. The fourth-order valence-corrected chi connectivity index (χ4v) is 2.29. The molecule has 1 rings (SSSR count). The molecular formula is C17H32N2O. The number of rotatable bonds is 11. The first kappa shape index (κ1) is 17.3. The normalized spacial score (nSPS) is 13.1. The van der Waals surface area contributed by atoms with Crippen molar-refractivity contribution in [3.63, 3.8) is 0 Å². The van der Waals surface area contributed by atoms with Gasteiger partial charge in [0, 0.05) is 18.2 Å². The van der Waals surface area contributed by atoms with Crippen molar-refractivity contribution in [2.75, 3.05) is 13.1 Å². The molecule has 3 heteroatoms. The number of nitrogens with one attached hydrogen (secondary N) is 1. The van der Waals surface area contributed by atoms with Crippen LogP contribution in [0.2, 0.25) is 0 Å². The van der Waals surface area contributed by atoms with Gasteiger partial charge in [0.15, 0.2) is 0 Å². The van der Waals surface area contributed by atoms with Crippen LogP contribution in [0.3, 0.4) is 0 Å². The van der Waals surface area contributed by atoms with E-state index in [0.717, 1.165) is 31.9 Å². The second-order valence-electron chi connectivity index (χ2n) is 5.68. The van der Waals surface area contributed by atoms with E-state index in [4.69, 9.17) is 4.42 Å². The molecule has 1 aromatic heterocycles. The largest absolute Gasteiger partial charge is 0.468 e. The quantitative estimate of drug-likeness (QED) is 0.616. The summed E-state index contributed by atoms with van der Waals surface area (Å²) in [7, 11) is 0. The lowest BCUT2D eigenvalue weighted by atomic mass is 10.2. The van der Waals surface area contributed by atoms with Gasteiger partial charge in [-0.05, 0) is 45.3 Å². The molecule has 0 saturated carbocycles. The van der Waals surface area contributed by atoms with Crippen LogP contribution in [0.1, 0.15) is 64.7 Å². The van der Waals surface area contributed by atoms with E-state index in [1.54, 1.807) is 0 Å². The number of nitrogens with zero attached hydrogens (tertiary/aromatic N) is 1. The monoisotopic (exact) mass is 280 g/mol. The first-order valence-corrected chi connectivity index (χ1v) is 8.22. The van der Waals surface area contributed by atoms with Crippen molar-refractivity contribution < 1.29 is 4.42 Å². The first-order chi connectivity index (χ1) is 9.71. The molecule has 0 aliphatic heterocycles. The molecule has 1 atom stereocenters. The number of unbranched alkanes of at least 4 members (excludes halogenated alkanes) is 1. The molecule has 0 aliphatic rings. The Morgan fingerprint density at radius 2 is 2.05 bits per heavy atom. The average molecular weight is 280 g/mol. The SMILES string of the molecule is CCCCN(Cc1cc(CNCCC)co1)C(C)CC. The predicted molar refractivity (Wildman–Crippen MR) is 85.8 cm³/mol. The maximum Gasteiger partial charge on any atom is 0.118 e. The van der Waals surface area contributed by atoms with Gasteiger partial charge in [-0.25, -0.2) is 0 Å². The number of furan rings is 1. The van der Waals surface area contributed by atoms with Crippen molar-refractivity contribution in [2.24, 2.45) is 0 Å². The standard InChI is InChI=1S/C17H32N2O/c1-5-8-10-19(15(4)7-3)13-17-11-16(14-20-17)12-18-9-6-2/h11,14-15,18H,5-10,12-13H2,1-4H3. The third-order valence-corrected chi connectivity index (χ3v) is 3.84. The van der Waals surface area contributed by atoms with E-state index < -0.39 is 0 Å². The van der Waals surface area contributed by atoms with Gasteiger partial charge in [-0.3, -0.25) is 4.90 Å². The van der Waals surface area contributed by atoms with Gasteiger partial charge in [0.1, 0.15) is 5.76 Å². The topological polar surface area (TPSA) is 28.4 Å². The van der Waals surface area contributed by atoms with Gasteiger partial charge < -0.3 is 9.73 Å². The van der Waals surface area contributed by atoms with Crippen molar-refractivity contribution in [2.45, 2.75) is 72.5 Å². The highest BCUT2D eigenvalue weighted by Gasteiger charge is 2.14. The molecule has 1 N–H and O–H groups in total. The molecule has 0 aliphatic carbocycles. The van der Waals surface area contributed by atoms with Crippen LogP contribution in [0.4, 0.5) is 0 Å². The summed E-state index contributed by atoms with van der Waals surface area (Å²) >= 11 is 0. The van der Waals surface area contributed by atoms with Gasteiger partial charge in [0.2, 0.25) is 0 Å². The summed E-state index contributed by atoms with van der Waals surface area (Å²) in [6.07, 6.45) is 6.76. The number of hydrogen-bond donors (Lipinski definition) is 1. The van der Waals surface area contributed by atoms with Crippen LogP contribution < -0.4 is 5.32 Å². The van der Waals surface area contributed by atoms with E-state index in [1.165, 1.54) is 31.2 Å². The number of hydrogen-bond acceptors (Lipinski definition) is 3. The molecule has 0 saturated heterocycles. The molecule has 116 valence electrons. The summed E-state index contributed by atoms with van der Waals surface area (Å²) in [5.74, 6) is 1.09. The Hall–Kier alpha value is -0.800. The molecular weight excluding hydrogens is 248 g/mol. The maximum atomic E-state index is 5.72. The van der Waals surface area contributed by atoms with Crippen LogP contribution in [-0.2, 0) is 13.1 Å². The third-order valence-electron chi connectivity index (χ3n) is 3.84. The smallest absolute Gasteiger partial charge is 0.118 e. The van der Waals surface area contributed by atoms with Crippen LogP contribution in [-0.4, -0.2) is 24.0 Å². The molecule has 1 aromatic rings. The highest BCUT2D eigenvalue weighted by Crippen LogP contribution is 2.14. The van der Waals surface area contributed by atoms with Gasteiger partial charge in [0.05, 0.1) is 12.8 Å². The van der Waals surface area contributed by atoms with Crippen molar-refractivity contribution >= 4 is 0 Å². The Bertz CT molecular complexity index is 349. The third kappa shape index (κ3) is 6.10. The Morgan fingerprint density at radius 1 is 1.25 bits per heavy atom. The Morgan fingerprint density at radius 3 is 2.70 bits per heavy atom. The predicted octanol–water partition coefficient (Wildman–Crippen LogP) is 4.18. The Kier molecular flexibility index (Phi) is 8.63. The van der Waals surface area contributed by atoms with Crippen LogP contribution in [0.15, 0.2) is 16.7 Å². The zero-order chi connectivity index (χ0) is 14.8. The zero-order valence-electron chi connectivity index (χ0n) is 13.7. The van der Waals surface area contributed by atoms with Crippen LogP contribution in [0, 0.1) is 0 Å². The molecule has 0 spiro atoms. The summed E-state index contributed by atoms with van der Waals surface area (Å²) in [6, 6.07) is 2.82. The van der Waals surface area contributed by atoms with Gasteiger partial charge in [-0.2, -0.15) is 0 Å². The lowest BCUT2D eigenvalue weighted by Crippen LogP contribution is -2.32. The van der Waals surface area contributed by atoms with Crippen molar-refractivity contribution in [3.05, 3.63) is 23.7 Å². The van der Waals surface area contributed by atoms with Crippen molar-refractivity contribution in [1.82, 2.24) is 10.2 Å². The lowest BCUT2D eigenvalue weighted by molar-refractivity contribution is 0.178. The van der Waals surface area contributed by atoms with Gasteiger partial charge in [-0.1, -0.05) is 27.2 Å². The molecule has 0 fully saturated rings. The van der Waals surface area contributed by atoms with Gasteiger partial charge >= 0.3 is 0 Å². The summed E-state index contributed by atoms with van der Waals surface area (Å²) in [5.41, 5.74) is 1.26. The minimum atomic E-state index is 0.619. The zero-order valence-corrected chi connectivity index (χ0v) is 13.7. The molecule has 1 heterocycles. The van der Waals surface area contributed by atoms with E-state index in [1.807, 2.05) is 6.26 Å². The highest BCUT2D eigenvalue weighted by molar-refractivity contribution is 5.12. The van der Waals surface area contributed by atoms with Crippen molar-refractivity contribution in [3.8, 4) is 0 Å². The minimum absolute atomic E-state index is 0.619. The van der Waals surface area contributed by atoms with E-state index in [-0.39, 0.29) is 0 Å². The fourth-order valence-electron chi connectivity index (χ4n) is 2.29. The molecule has 1 unspecified atom stereocenters. The molecule has 20 heavy (non-hydrogen) atoms. The van der Waals surface area contributed by atoms with Gasteiger partial charge in [0.25, 0.3) is 0 Å². The molecule has 0 aromatic carbocycles. The van der Waals surface area contributed by atoms with Crippen molar-refractivity contribution in [1.29, 1.82) is 0 Å². The van der Waals surface area contributed by atoms with E-state index in [0.29, 0.717) is 6.04 Å². The minimum Gasteiger partial charge on any atom is -0.468 e.